The van der Waals surface area contributed by atoms with Crippen molar-refractivity contribution >= 4 is 23.2 Å². The average Bonchev–Trinajstić information content (AvgIpc) is 2.98. The molecule has 3 heterocycles. The number of carbonyl (C=O) groups is 2. The zero-order valence-electron chi connectivity index (χ0n) is 8.83. The van der Waals surface area contributed by atoms with E-state index >= 15 is 0 Å². The molecule has 1 aliphatic rings. The van der Waals surface area contributed by atoms with Gasteiger partial charge in [-0.05, 0) is 24.3 Å². The summed E-state index contributed by atoms with van der Waals surface area (Å²) < 4.78 is 3.27. The van der Waals surface area contributed by atoms with E-state index in [-0.39, 0.29) is 11.8 Å². The molecule has 2 aromatic heterocycles. The fourth-order valence-corrected chi connectivity index (χ4v) is 1.88. The predicted molar refractivity (Wildman–Crippen MR) is 61.4 cm³/mol. The number of nitrogens with one attached hydrogen (secondary N) is 1. The summed E-state index contributed by atoms with van der Waals surface area (Å²) in [7, 11) is 0. The molecule has 0 spiro atoms. The first-order chi connectivity index (χ1) is 8.27. The number of carbonyl (C=O) groups excluding carboxylic acids is 2. The third-order valence-corrected chi connectivity index (χ3v) is 2.61. The van der Waals surface area contributed by atoms with Gasteiger partial charge in [-0.25, -0.2) is 0 Å². The zero-order valence-corrected chi connectivity index (χ0v) is 8.83. The summed E-state index contributed by atoms with van der Waals surface area (Å²) >= 11 is 0. The van der Waals surface area contributed by atoms with Gasteiger partial charge in [0.1, 0.15) is 11.4 Å². The molecule has 5 nitrogen and oxygen atoms in total. The molecule has 84 valence electrons. The van der Waals surface area contributed by atoms with Crippen molar-refractivity contribution in [2.45, 2.75) is 0 Å². The number of aromatic nitrogens is 2. The van der Waals surface area contributed by atoms with E-state index in [0.717, 1.165) is 0 Å². The standard InChI is InChI=1S/C12H9N3O2/c16-11-9(14-5-1-2-6-14)10(12(17)13-11)15-7-3-4-8-15/h1-8H,(H,13,16,17). The number of hydrogen-bond donors (Lipinski definition) is 1. The van der Waals surface area contributed by atoms with Crippen LogP contribution in [0.15, 0.2) is 49.1 Å². The lowest BCUT2D eigenvalue weighted by atomic mass is 10.3. The first-order valence-corrected chi connectivity index (χ1v) is 5.14. The van der Waals surface area contributed by atoms with Crippen LogP contribution in [0.25, 0.3) is 11.4 Å². The zero-order chi connectivity index (χ0) is 11.8. The second-order valence-electron chi connectivity index (χ2n) is 3.66. The molecule has 17 heavy (non-hydrogen) atoms. The number of hydrogen-bond acceptors (Lipinski definition) is 2. The van der Waals surface area contributed by atoms with Crippen LogP contribution in [0.5, 0.6) is 0 Å². The highest BCUT2D eigenvalue weighted by Gasteiger charge is 2.32. The lowest BCUT2D eigenvalue weighted by Gasteiger charge is -2.05. The van der Waals surface area contributed by atoms with Gasteiger partial charge >= 0.3 is 0 Å². The topological polar surface area (TPSA) is 56.0 Å². The van der Waals surface area contributed by atoms with Gasteiger partial charge in [-0.1, -0.05) is 0 Å². The van der Waals surface area contributed by atoms with Gasteiger partial charge in [0.15, 0.2) is 0 Å². The van der Waals surface area contributed by atoms with Crippen LogP contribution in [0.3, 0.4) is 0 Å². The monoisotopic (exact) mass is 227 g/mol. The van der Waals surface area contributed by atoms with Crippen LogP contribution in [-0.2, 0) is 9.59 Å². The third-order valence-electron chi connectivity index (χ3n) is 2.61. The average molecular weight is 227 g/mol. The van der Waals surface area contributed by atoms with Crippen molar-refractivity contribution in [2.24, 2.45) is 0 Å². The van der Waals surface area contributed by atoms with Crippen molar-refractivity contribution in [3.8, 4) is 0 Å². The molecule has 0 atom stereocenters. The maximum atomic E-state index is 11.8. The van der Waals surface area contributed by atoms with Crippen molar-refractivity contribution in [1.29, 1.82) is 0 Å². The van der Waals surface area contributed by atoms with Crippen molar-refractivity contribution < 1.29 is 9.59 Å². The molecule has 0 unspecified atom stereocenters. The van der Waals surface area contributed by atoms with Crippen molar-refractivity contribution in [1.82, 2.24) is 14.5 Å². The van der Waals surface area contributed by atoms with Gasteiger partial charge < -0.3 is 9.13 Å². The van der Waals surface area contributed by atoms with Gasteiger partial charge in [0.2, 0.25) is 0 Å². The molecule has 2 aromatic rings. The quantitative estimate of drug-likeness (QED) is 0.770. The van der Waals surface area contributed by atoms with Crippen LogP contribution in [0.2, 0.25) is 0 Å². The van der Waals surface area contributed by atoms with Gasteiger partial charge in [-0.3, -0.25) is 14.9 Å². The Kier molecular flexibility index (Phi) is 1.98. The van der Waals surface area contributed by atoms with Gasteiger partial charge in [-0.2, -0.15) is 0 Å². The van der Waals surface area contributed by atoms with E-state index < -0.39 is 0 Å². The fraction of sp³-hybridized carbons (Fsp3) is 0. The molecule has 0 radical (unpaired) electrons. The Hall–Kier alpha value is -2.56. The summed E-state index contributed by atoms with van der Waals surface area (Å²) in [5.74, 6) is -0.759. The van der Waals surface area contributed by atoms with Crippen LogP contribution in [0.4, 0.5) is 0 Å². The lowest BCUT2D eigenvalue weighted by Crippen LogP contribution is -2.24. The van der Waals surface area contributed by atoms with Crippen LogP contribution >= 0.6 is 0 Å². The van der Waals surface area contributed by atoms with E-state index in [1.165, 1.54) is 0 Å². The Morgan fingerprint density at radius 3 is 1.41 bits per heavy atom. The lowest BCUT2D eigenvalue weighted by molar-refractivity contribution is -0.123. The van der Waals surface area contributed by atoms with Crippen molar-refractivity contribution in [3.05, 3.63) is 49.1 Å². The number of imide groups is 1. The van der Waals surface area contributed by atoms with Gasteiger partial charge in [0, 0.05) is 24.8 Å². The van der Waals surface area contributed by atoms with Crippen LogP contribution < -0.4 is 5.32 Å². The Labute approximate surface area is 97.0 Å². The second kappa shape index (κ2) is 3.48. The second-order valence-corrected chi connectivity index (χ2v) is 3.66. The highest BCUT2D eigenvalue weighted by atomic mass is 16.2. The number of rotatable bonds is 2. The van der Waals surface area contributed by atoms with E-state index in [0.29, 0.717) is 11.4 Å². The molecule has 1 N–H and O–H groups in total. The summed E-state index contributed by atoms with van der Waals surface area (Å²) in [6.45, 7) is 0. The Morgan fingerprint density at radius 2 is 1.06 bits per heavy atom. The highest BCUT2D eigenvalue weighted by molar-refractivity contribution is 6.43. The Balaban J connectivity index is 2.24. The molecule has 0 aromatic carbocycles. The van der Waals surface area contributed by atoms with E-state index in [9.17, 15) is 9.59 Å². The number of nitrogens with zero attached hydrogens (tertiary/aromatic N) is 2. The molecule has 0 aliphatic carbocycles. The largest absolute Gasteiger partial charge is 0.317 e. The maximum Gasteiger partial charge on any atom is 0.277 e. The summed E-state index contributed by atoms with van der Waals surface area (Å²) in [5.41, 5.74) is 0.687. The smallest absolute Gasteiger partial charge is 0.277 e. The molecule has 5 heteroatoms. The van der Waals surface area contributed by atoms with E-state index in [1.807, 2.05) is 0 Å². The molecular formula is C12H9N3O2. The van der Waals surface area contributed by atoms with Crippen molar-refractivity contribution in [3.63, 3.8) is 0 Å². The highest BCUT2D eigenvalue weighted by Crippen LogP contribution is 2.22. The van der Waals surface area contributed by atoms with Gasteiger partial charge in [0.25, 0.3) is 11.8 Å². The molecule has 2 amide bonds. The summed E-state index contributed by atoms with van der Waals surface area (Å²) in [4.78, 5) is 23.5. The maximum absolute atomic E-state index is 11.8. The third kappa shape index (κ3) is 1.40. The van der Waals surface area contributed by atoms with Crippen LogP contribution in [-0.4, -0.2) is 20.9 Å². The molecule has 0 saturated carbocycles. The summed E-state index contributed by atoms with van der Waals surface area (Å²) in [5, 5.41) is 2.30. The molecule has 3 rings (SSSR count). The van der Waals surface area contributed by atoms with E-state index in [4.69, 9.17) is 0 Å². The summed E-state index contributed by atoms with van der Waals surface area (Å²) in [6.07, 6.45) is 6.93. The fourth-order valence-electron chi connectivity index (χ4n) is 1.88. The number of amides is 2. The van der Waals surface area contributed by atoms with Crippen molar-refractivity contribution in [2.75, 3.05) is 0 Å². The molecule has 0 fully saturated rings. The predicted octanol–water partition coefficient (Wildman–Crippen LogP) is 0.772. The van der Waals surface area contributed by atoms with Crippen LogP contribution in [0.1, 0.15) is 0 Å². The molecular weight excluding hydrogens is 218 g/mol. The van der Waals surface area contributed by atoms with Gasteiger partial charge in [-0.15, -0.1) is 0 Å². The minimum Gasteiger partial charge on any atom is -0.317 e. The normalized spacial score (nSPS) is 15.5. The van der Waals surface area contributed by atoms with Crippen LogP contribution in [0, 0.1) is 0 Å². The first-order valence-electron chi connectivity index (χ1n) is 5.14. The summed E-state index contributed by atoms with van der Waals surface area (Å²) in [6, 6.07) is 7.21. The Bertz CT molecular complexity index is 552. The first kappa shape index (κ1) is 9.65. The molecule has 0 bridgehead atoms. The minimum atomic E-state index is -0.380. The van der Waals surface area contributed by atoms with Gasteiger partial charge in [0.05, 0.1) is 0 Å². The Morgan fingerprint density at radius 1 is 0.706 bits per heavy atom. The van der Waals surface area contributed by atoms with E-state index in [2.05, 4.69) is 5.32 Å². The molecule has 1 aliphatic heterocycles. The minimum absolute atomic E-state index is 0.344. The van der Waals surface area contributed by atoms with E-state index in [1.54, 1.807) is 58.2 Å². The SMILES string of the molecule is O=C1NC(=O)C(n2cccc2)=C1n1cccc1. The molecule has 0 saturated heterocycles.